The van der Waals surface area contributed by atoms with Gasteiger partial charge in [-0.1, -0.05) is 0 Å². The van der Waals surface area contributed by atoms with E-state index in [-0.39, 0.29) is 24.5 Å². The normalized spacial score (nSPS) is 21.6. The zero-order valence-electron chi connectivity index (χ0n) is 7.78. The number of hydrogen-bond donors (Lipinski definition) is 2. The molecule has 1 fully saturated rings. The molecule has 1 saturated heterocycles. The minimum absolute atomic E-state index is 0.0724. The summed E-state index contributed by atoms with van der Waals surface area (Å²) < 4.78 is 0. The molecule has 0 aliphatic carbocycles. The molecule has 1 aliphatic rings. The van der Waals surface area contributed by atoms with Crippen molar-refractivity contribution in [2.75, 3.05) is 6.54 Å². The Kier molecular flexibility index (Phi) is 2.87. The van der Waals surface area contributed by atoms with E-state index < -0.39 is 6.10 Å². The Balaban J connectivity index is 2.59. The van der Waals surface area contributed by atoms with Crippen molar-refractivity contribution < 1.29 is 14.7 Å². The highest BCUT2D eigenvalue weighted by molar-refractivity contribution is 6.02. The van der Waals surface area contributed by atoms with Gasteiger partial charge in [-0.2, -0.15) is 0 Å². The number of hydrogen-bond acceptors (Lipinski definition) is 3. The molecule has 0 spiro atoms. The lowest BCUT2D eigenvalue weighted by Crippen LogP contribution is -2.40. The van der Waals surface area contributed by atoms with Gasteiger partial charge in [0, 0.05) is 6.04 Å². The van der Waals surface area contributed by atoms with Gasteiger partial charge in [0.15, 0.2) is 0 Å². The minimum Gasteiger partial charge on any atom is -0.393 e. The number of rotatable bonds is 3. The van der Waals surface area contributed by atoms with Crippen molar-refractivity contribution in [3.8, 4) is 0 Å². The maximum Gasteiger partial charge on any atom is 0.324 e. The summed E-state index contributed by atoms with van der Waals surface area (Å²) >= 11 is 0. The molecule has 5 heteroatoms. The topological polar surface area (TPSA) is 69.6 Å². The van der Waals surface area contributed by atoms with Crippen molar-refractivity contribution in [1.82, 2.24) is 10.2 Å². The number of carbonyl (C=O) groups is 2. The predicted octanol–water partition coefficient (Wildman–Crippen LogP) is -0.302. The van der Waals surface area contributed by atoms with Crippen LogP contribution >= 0.6 is 0 Å². The molecular formula is C8H14N2O3. The third kappa shape index (κ3) is 2.18. The summed E-state index contributed by atoms with van der Waals surface area (Å²) in [5.41, 5.74) is 0. The fourth-order valence-electron chi connectivity index (χ4n) is 1.48. The van der Waals surface area contributed by atoms with Crippen molar-refractivity contribution >= 4 is 11.9 Å². The number of aliphatic hydroxyl groups excluding tert-OH is 1. The second-order valence-corrected chi connectivity index (χ2v) is 3.36. The van der Waals surface area contributed by atoms with E-state index in [1.165, 1.54) is 0 Å². The first kappa shape index (κ1) is 9.98. The van der Waals surface area contributed by atoms with E-state index in [9.17, 15) is 9.59 Å². The van der Waals surface area contributed by atoms with Crippen LogP contribution in [0, 0.1) is 0 Å². The highest BCUT2D eigenvalue weighted by Gasteiger charge is 2.32. The first-order valence-electron chi connectivity index (χ1n) is 4.30. The van der Waals surface area contributed by atoms with Crippen LogP contribution in [0.5, 0.6) is 0 Å². The van der Waals surface area contributed by atoms with Crippen LogP contribution in [0.25, 0.3) is 0 Å². The number of carbonyl (C=O) groups excluding carboxylic acids is 2. The van der Waals surface area contributed by atoms with Gasteiger partial charge in [0.2, 0.25) is 5.91 Å². The molecule has 2 unspecified atom stereocenters. The SMILES string of the molecule is CC(O)CC(C)N1C(=O)CNC1=O. The molecule has 1 aliphatic heterocycles. The van der Waals surface area contributed by atoms with Crippen LogP contribution in [-0.4, -0.2) is 40.6 Å². The van der Waals surface area contributed by atoms with Crippen LogP contribution in [0.15, 0.2) is 0 Å². The second kappa shape index (κ2) is 3.74. The smallest absolute Gasteiger partial charge is 0.324 e. The standard InChI is InChI=1S/C8H14N2O3/c1-5(3-6(2)11)10-7(12)4-9-8(10)13/h5-6,11H,3-4H2,1-2H3,(H,9,13). The lowest BCUT2D eigenvalue weighted by Gasteiger charge is -2.22. The van der Waals surface area contributed by atoms with Gasteiger partial charge in [-0.25, -0.2) is 4.79 Å². The third-order valence-electron chi connectivity index (χ3n) is 2.00. The molecule has 2 N–H and O–H groups in total. The van der Waals surface area contributed by atoms with Crippen LogP contribution in [0.1, 0.15) is 20.3 Å². The first-order valence-corrected chi connectivity index (χ1v) is 4.30. The molecular weight excluding hydrogens is 172 g/mol. The van der Waals surface area contributed by atoms with Crippen LogP contribution in [-0.2, 0) is 4.79 Å². The Morgan fingerprint density at radius 3 is 2.54 bits per heavy atom. The van der Waals surface area contributed by atoms with E-state index in [4.69, 9.17) is 5.11 Å². The molecule has 0 saturated carbocycles. The fourth-order valence-corrected chi connectivity index (χ4v) is 1.48. The molecule has 1 rings (SSSR count). The van der Waals surface area contributed by atoms with E-state index in [0.29, 0.717) is 6.42 Å². The van der Waals surface area contributed by atoms with Crippen LogP contribution in [0.2, 0.25) is 0 Å². The molecule has 0 aromatic carbocycles. The molecule has 13 heavy (non-hydrogen) atoms. The number of imide groups is 1. The second-order valence-electron chi connectivity index (χ2n) is 3.36. The summed E-state index contributed by atoms with van der Waals surface area (Å²) in [5, 5.41) is 11.5. The lowest BCUT2D eigenvalue weighted by atomic mass is 10.1. The average molecular weight is 186 g/mol. The highest BCUT2D eigenvalue weighted by atomic mass is 16.3. The number of amides is 3. The Labute approximate surface area is 76.7 Å². The predicted molar refractivity (Wildman–Crippen MR) is 46.0 cm³/mol. The number of nitrogens with zero attached hydrogens (tertiary/aromatic N) is 1. The Bertz CT molecular complexity index is 211. The zero-order chi connectivity index (χ0) is 10.0. The number of nitrogens with one attached hydrogen (secondary N) is 1. The van der Waals surface area contributed by atoms with Crippen molar-refractivity contribution in [2.45, 2.75) is 32.4 Å². The Morgan fingerprint density at radius 2 is 2.15 bits per heavy atom. The molecule has 3 amide bonds. The maximum atomic E-state index is 11.2. The molecule has 0 aromatic heterocycles. The Hall–Kier alpha value is -1.10. The zero-order valence-corrected chi connectivity index (χ0v) is 7.78. The summed E-state index contributed by atoms with van der Waals surface area (Å²) in [6.45, 7) is 3.45. The van der Waals surface area contributed by atoms with Gasteiger partial charge < -0.3 is 10.4 Å². The van der Waals surface area contributed by atoms with Crippen molar-refractivity contribution in [2.24, 2.45) is 0 Å². The first-order chi connectivity index (χ1) is 6.02. The molecule has 1 heterocycles. The molecule has 0 bridgehead atoms. The van der Waals surface area contributed by atoms with Crippen molar-refractivity contribution in [1.29, 1.82) is 0 Å². The fraction of sp³-hybridized carbons (Fsp3) is 0.750. The van der Waals surface area contributed by atoms with Crippen LogP contribution in [0.3, 0.4) is 0 Å². The van der Waals surface area contributed by atoms with E-state index in [1.54, 1.807) is 13.8 Å². The molecule has 5 nitrogen and oxygen atoms in total. The van der Waals surface area contributed by atoms with E-state index in [2.05, 4.69) is 5.32 Å². The quantitative estimate of drug-likeness (QED) is 0.594. The molecule has 2 atom stereocenters. The van der Waals surface area contributed by atoms with Crippen molar-refractivity contribution in [3.63, 3.8) is 0 Å². The summed E-state index contributed by atoms with van der Waals surface area (Å²) in [6, 6.07) is -0.604. The van der Waals surface area contributed by atoms with Crippen LogP contribution in [0.4, 0.5) is 4.79 Å². The largest absolute Gasteiger partial charge is 0.393 e. The maximum absolute atomic E-state index is 11.2. The van der Waals surface area contributed by atoms with Gasteiger partial charge in [0.05, 0.1) is 12.6 Å². The minimum atomic E-state index is -0.504. The van der Waals surface area contributed by atoms with Crippen molar-refractivity contribution in [3.05, 3.63) is 0 Å². The number of aliphatic hydroxyl groups is 1. The molecule has 0 aromatic rings. The van der Waals surface area contributed by atoms with Gasteiger partial charge >= 0.3 is 6.03 Å². The van der Waals surface area contributed by atoms with Gasteiger partial charge in [0.25, 0.3) is 0 Å². The van der Waals surface area contributed by atoms with E-state index in [0.717, 1.165) is 4.90 Å². The van der Waals surface area contributed by atoms with Gasteiger partial charge in [-0.3, -0.25) is 9.69 Å². The molecule has 0 radical (unpaired) electrons. The van der Waals surface area contributed by atoms with Crippen LogP contribution < -0.4 is 5.32 Å². The van der Waals surface area contributed by atoms with E-state index >= 15 is 0 Å². The summed E-state index contributed by atoms with van der Waals surface area (Å²) in [4.78, 5) is 23.4. The third-order valence-corrected chi connectivity index (χ3v) is 2.00. The monoisotopic (exact) mass is 186 g/mol. The summed E-state index contributed by atoms with van der Waals surface area (Å²) in [7, 11) is 0. The average Bonchev–Trinajstić information content (AvgIpc) is 2.29. The molecule has 74 valence electrons. The summed E-state index contributed by atoms with van der Waals surface area (Å²) in [5.74, 6) is -0.224. The number of urea groups is 1. The van der Waals surface area contributed by atoms with Gasteiger partial charge in [-0.05, 0) is 20.3 Å². The van der Waals surface area contributed by atoms with E-state index in [1.807, 2.05) is 0 Å². The Morgan fingerprint density at radius 1 is 1.54 bits per heavy atom. The lowest BCUT2D eigenvalue weighted by molar-refractivity contribution is -0.126. The highest BCUT2D eigenvalue weighted by Crippen LogP contribution is 2.10. The summed E-state index contributed by atoms with van der Waals surface area (Å²) in [6.07, 6.45) is -0.0877. The van der Waals surface area contributed by atoms with Gasteiger partial charge in [0.1, 0.15) is 0 Å². The van der Waals surface area contributed by atoms with Gasteiger partial charge in [-0.15, -0.1) is 0 Å².